The lowest BCUT2D eigenvalue weighted by Crippen LogP contribution is -2.30. The second-order valence-corrected chi connectivity index (χ2v) is 5.89. The third kappa shape index (κ3) is 1.92. The predicted octanol–water partition coefficient (Wildman–Crippen LogP) is -1.88. The molecule has 0 aliphatic carbocycles. The third-order valence-corrected chi connectivity index (χ3v) is 5.80. The molecule has 0 unspecified atom stereocenters. The average Bonchev–Trinajstić information content (AvgIpc) is 1.90. The standard InChI is InChI=1S/C4H11NO2Si2/c5-4(6)3-1-8-7-9-2-3/h3H,1-2,8-9H2,(H2,5,6). The molecule has 1 aliphatic rings. The molecule has 0 aromatic heterocycles. The first kappa shape index (κ1) is 6.98. The Morgan fingerprint density at radius 2 is 2.11 bits per heavy atom. The maximum absolute atomic E-state index is 10.6. The smallest absolute Gasteiger partial charge is 0.220 e. The van der Waals surface area contributed by atoms with Gasteiger partial charge in [-0.1, -0.05) is 0 Å². The predicted molar refractivity (Wildman–Crippen MR) is 40.5 cm³/mol. The van der Waals surface area contributed by atoms with Gasteiger partial charge in [0.05, 0.1) is 0 Å². The Kier molecular flexibility index (Phi) is 2.43. The highest BCUT2D eigenvalue weighted by molar-refractivity contribution is 6.45. The number of nitrogens with two attached hydrogens (primary N) is 1. The Balaban J connectivity index is 2.31. The summed E-state index contributed by atoms with van der Waals surface area (Å²) in [5, 5.41) is 0. The molecule has 0 aromatic carbocycles. The van der Waals surface area contributed by atoms with E-state index in [0.717, 1.165) is 12.1 Å². The molecule has 2 N–H and O–H groups in total. The Labute approximate surface area is 58.8 Å². The van der Waals surface area contributed by atoms with E-state index in [1.54, 1.807) is 0 Å². The van der Waals surface area contributed by atoms with Gasteiger partial charge in [-0.05, 0) is 12.1 Å². The molecule has 0 atom stereocenters. The lowest BCUT2D eigenvalue weighted by Gasteiger charge is -2.17. The van der Waals surface area contributed by atoms with E-state index in [1.807, 2.05) is 0 Å². The molecule has 1 heterocycles. The van der Waals surface area contributed by atoms with Gasteiger partial charge < -0.3 is 9.85 Å². The van der Waals surface area contributed by atoms with E-state index in [4.69, 9.17) is 9.85 Å². The number of rotatable bonds is 1. The largest absolute Gasteiger partial charge is 0.465 e. The Morgan fingerprint density at radius 1 is 1.56 bits per heavy atom. The van der Waals surface area contributed by atoms with E-state index in [-0.39, 0.29) is 31.4 Å². The number of carbonyl (C=O) groups excluding carboxylic acids is 1. The van der Waals surface area contributed by atoms with Crippen molar-refractivity contribution in [2.24, 2.45) is 11.7 Å². The van der Waals surface area contributed by atoms with E-state index < -0.39 is 0 Å². The second kappa shape index (κ2) is 3.14. The summed E-state index contributed by atoms with van der Waals surface area (Å²) in [6.07, 6.45) is 0. The molecule has 1 fully saturated rings. The van der Waals surface area contributed by atoms with Crippen LogP contribution in [0.3, 0.4) is 0 Å². The summed E-state index contributed by atoms with van der Waals surface area (Å²) in [6, 6.07) is 1.95. The van der Waals surface area contributed by atoms with Crippen molar-refractivity contribution in [2.45, 2.75) is 12.1 Å². The van der Waals surface area contributed by atoms with Crippen molar-refractivity contribution < 1.29 is 8.91 Å². The molecular weight excluding hydrogens is 150 g/mol. The van der Waals surface area contributed by atoms with Gasteiger partial charge in [0.2, 0.25) is 5.91 Å². The second-order valence-electron chi connectivity index (χ2n) is 2.29. The van der Waals surface area contributed by atoms with Crippen LogP contribution in [0, 0.1) is 5.92 Å². The quantitative estimate of drug-likeness (QED) is 0.458. The van der Waals surface area contributed by atoms with Gasteiger partial charge in [-0.3, -0.25) is 4.79 Å². The van der Waals surface area contributed by atoms with Gasteiger partial charge in [0, 0.05) is 5.92 Å². The Bertz CT molecular complexity index is 113. The maximum atomic E-state index is 10.6. The number of carbonyl (C=O) groups is 1. The summed E-state index contributed by atoms with van der Waals surface area (Å²) in [4.78, 5) is 10.6. The number of hydrogen-bond donors (Lipinski definition) is 1. The van der Waals surface area contributed by atoms with E-state index >= 15 is 0 Å². The van der Waals surface area contributed by atoms with Gasteiger partial charge in [0.15, 0.2) is 0 Å². The van der Waals surface area contributed by atoms with Crippen LogP contribution in [0.2, 0.25) is 12.1 Å². The van der Waals surface area contributed by atoms with Crippen LogP contribution in [0.15, 0.2) is 0 Å². The molecule has 5 heteroatoms. The monoisotopic (exact) mass is 161 g/mol. The molecule has 52 valence electrons. The number of amides is 1. The summed E-state index contributed by atoms with van der Waals surface area (Å²) in [7, 11) is -0.642. The lowest BCUT2D eigenvalue weighted by atomic mass is 10.2. The SMILES string of the molecule is NC(=O)C1C[SiH2]O[SiH2]C1. The van der Waals surface area contributed by atoms with Crippen molar-refractivity contribution in [1.29, 1.82) is 0 Å². The molecule has 3 nitrogen and oxygen atoms in total. The Hall–Kier alpha value is -0.136. The minimum absolute atomic E-state index is 0.113. The number of primary amides is 1. The third-order valence-electron chi connectivity index (χ3n) is 1.62. The van der Waals surface area contributed by atoms with E-state index in [0.29, 0.717) is 0 Å². The van der Waals surface area contributed by atoms with Crippen molar-refractivity contribution in [3.63, 3.8) is 0 Å². The first-order chi connectivity index (χ1) is 4.30. The van der Waals surface area contributed by atoms with Gasteiger partial charge >= 0.3 is 0 Å². The van der Waals surface area contributed by atoms with Crippen LogP contribution in [0.5, 0.6) is 0 Å². The molecule has 9 heavy (non-hydrogen) atoms. The van der Waals surface area contributed by atoms with Crippen LogP contribution < -0.4 is 5.73 Å². The van der Waals surface area contributed by atoms with Crippen molar-refractivity contribution >= 4 is 25.4 Å². The van der Waals surface area contributed by atoms with Crippen LogP contribution >= 0.6 is 0 Å². The number of hydrogen-bond acceptors (Lipinski definition) is 2. The summed E-state index contributed by atoms with van der Waals surface area (Å²) in [6.45, 7) is 0. The summed E-state index contributed by atoms with van der Waals surface area (Å²) < 4.78 is 5.32. The van der Waals surface area contributed by atoms with Crippen LogP contribution in [0.25, 0.3) is 0 Å². The molecule has 0 aromatic rings. The van der Waals surface area contributed by atoms with Gasteiger partial charge in [-0.15, -0.1) is 0 Å². The van der Waals surface area contributed by atoms with Crippen molar-refractivity contribution in [3.8, 4) is 0 Å². The molecule has 1 rings (SSSR count). The lowest BCUT2D eigenvalue weighted by molar-refractivity contribution is -0.120. The van der Waals surface area contributed by atoms with Crippen LogP contribution in [0.4, 0.5) is 0 Å². The fourth-order valence-electron chi connectivity index (χ4n) is 0.982. The average molecular weight is 161 g/mol. The van der Waals surface area contributed by atoms with Crippen molar-refractivity contribution in [1.82, 2.24) is 0 Å². The minimum Gasteiger partial charge on any atom is -0.465 e. The summed E-state index contributed by atoms with van der Waals surface area (Å²) in [5.41, 5.74) is 5.12. The highest BCUT2D eigenvalue weighted by atomic mass is 28.3. The zero-order valence-corrected chi connectivity index (χ0v) is 8.13. The van der Waals surface area contributed by atoms with E-state index in [1.165, 1.54) is 0 Å². The van der Waals surface area contributed by atoms with Gasteiger partial charge in [-0.2, -0.15) is 0 Å². The summed E-state index contributed by atoms with van der Waals surface area (Å²) >= 11 is 0. The van der Waals surface area contributed by atoms with Gasteiger partial charge in [0.25, 0.3) is 0 Å². The van der Waals surface area contributed by atoms with Crippen LogP contribution in [-0.2, 0) is 8.91 Å². The maximum Gasteiger partial charge on any atom is 0.220 e. The van der Waals surface area contributed by atoms with Crippen molar-refractivity contribution in [3.05, 3.63) is 0 Å². The van der Waals surface area contributed by atoms with Gasteiger partial charge in [-0.25, -0.2) is 0 Å². The molecule has 1 amide bonds. The zero-order valence-electron chi connectivity index (χ0n) is 5.30. The minimum atomic E-state index is -0.321. The fraction of sp³-hybridized carbons (Fsp3) is 0.750. The van der Waals surface area contributed by atoms with Crippen LogP contribution in [-0.4, -0.2) is 25.4 Å². The molecule has 1 aliphatic heterocycles. The fourth-order valence-corrected chi connectivity index (χ4v) is 5.42. The molecular formula is C4H11NO2Si2. The van der Waals surface area contributed by atoms with Crippen molar-refractivity contribution in [2.75, 3.05) is 0 Å². The van der Waals surface area contributed by atoms with E-state index in [2.05, 4.69) is 0 Å². The highest BCUT2D eigenvalue weighted by Gasteiger charge is 2.18. The molecule has 0 spiro atoms. The molecule has 0 bridgehead atoms. The first-order valence-electron chi connectivity index (χ1n) is 3.18. The normalized spacial score (nSPS) is 33.1. The molecule has 0 saturated carbocycles. The van der Waals surface area contributed by atoms with Crippen LogP contribution in [0.1, 0.15) is 0 Å². The summed E-state index contributed by atoms with van der Waals surface area (Å²) in [5.74, 6) is 0.0791. The van der Waals surface area contributed by atoms with E-state index in [9.17, 15) is 4.79 Å². The highest BCUT2D eigenvalue weighted by Crippen LogP contribution is 2.12. The molecule has 0 radical (unpaired) electrons. The molecule has 1 saturated heterocycles. The Morgan fingerprint density at radius 3 is 2.44 bits per heavy atom. The zero-order chi connectivity index (χ0) is 6.69. The topological polar surface area (TPSA) is 52.3 Å². The van der Waals surface area contributed by atoms with Gasteiger partial charge in [0.1, 0.15) is 19.5 Å². The first-order valence-corrected chi connectivity index (χ1v) is 6.33.